The van der Waals surface area contributed by atoms with E-state index in [9.17, 15) is 9.59 Å². The van der Waals surface area contributed by atoms with Gasteiger partial charge in [0.15, 0.2) is 6.10 Å². The molecule has 0 spiro atoms. The lowest BCUT2D eigenvalue weighted by Crippen LogP contribution is -2.45. The molecule has 1 aromatic rings. The van der Waals surface area contributed by atoms with Gasteiger partial charge in [0.1, 0.15) is 5.75 Å². The Bertz CT molecular complexity index is 474. The number of para-hydroxylation sites is 1. The van der Waals surface area contributed by atoms with Gasteiger partial charge in [-0.05, 0) is 26.8 Å². The van der Waals surface area contributed by atoms with E-state index in [1.807, 2.05) is 19.1 Å². The van der Waals surface area contributed by atoms with Crippen LogP contribution in [0.4, 0.5) is 4.79 Å². The van der Waals surface area contributed by atoms with Crippen LogP contribution in [-0.2, 0) is 4.79 Å². The molecule has 3 amide bonds. The van der Waals surface area contributed by atoms with Gasteiger partial charge in [-0.15, -0.1) is 0 Å². The first-order chi connectivity index (χ1) is 9.45. The van der Waals surface area contributed by atoms with Crippen LogP contribution in [0.2, 0.25) is 0 Å². The third-order valence-electron chi connectivity index (χ3n) is 2.66. The van der Waals surface area contributed by atoms with Crippen LogP contribution in [0.15, 0.2) is 24.3 Å². The number of nitrogens with two attached hydrogens (primary N) is 1. The lowest BCUT2D eigenvalue weighted by Gasteiger charge is -2.18. The average molecular weight is 279 g/mol. The quantitative estimate of drug-likeness (QED) is 0.757. The van der Waals surface area contributed by atoms with Crippen molar-refractivity contribution >= 4 is 11.9 Å². The normalized spacial score (nSPS) is 13.2. The number of imide groups is 1. The van der Waals surface area contributed by atoms with E-state index < -0.39 is 18.0 Å². The van der Waals surface area contributed by atoms with E-state index in [0.717, 1.165) is 5.56 Å². The molecule has 4 N–H and O–H groups in total. The van der Waals surface area contributed by atoms with Crippen molar-refractivity contribution < 1.29 is 14.3 Å². The lowest BCUT2D eigenvalue weighted by atomic mass is 10.1. The summed E-state index contributed by atoms with van der Waals surface area (Å²) < 4.78 is 5.58. The van der Waals surface area contributed by atoms with Gasteiger partial charge >= 0.3 is 6.03 Å². The van der Waals surface area contributed by atoms with Crippen LogP contribution < -0.4 is 21.1 Å². The first kappa shape index (κ1) is 16.0. The van der Waals surface area contributed by atoms with Gasteiger partial charge in [-0.1, -0.05) is 18.2 Å². The Morgan fingerprint density at radius 3 is 2.55 bits per heavy atom. The fraction of sp³-hybridized carbons (Fsp3) is 0.429. The molecular weight excluding hydrogens is 258 g/mol. The van der Waals surface area contributed by atoms with Gasteiger partial charge in [0.05, 0.1) is 0 Å². The van der Waals surface area contributed by atoms with Gasteiger partial charge in [0, 0.05) is 18.2 Å². The van der Waals surface area contributed by atoms with Crippen molar-refractivity contribution in [3.8, 4) is 5.75 Å². The SMILES string of the molecule is CCNC(=O)NC(=O)C(C)Oc1ccccc1[C@H](C)N. The standard InChI is InChI=1S/C14H21N3O3/c1-4-16-14(19)17-13(18)10(3)20-12-8-6-5-7-11(12)9(2)15/h5-10H,4,15H2,1-3H3,(H2,16,17,18,19)/t9-,10?/m0/s1. The number of carbonyl (C=O) groups is 2. The Morgan fingerprint density at radius 2 is 1.95 bits per heavy atom. The second-order valence-electron chi connectivity index (χ2n) is 4.44. The number of hydrogen-bond acceptors (Lipinski definition) is 4. The largest absolute Gasteiger partial charge is 0.481 e. The van der Waals surface area contributed by atoms with Gasteiger partial charge < -0.3 is 15.8 Å². The molecule has 0 aliphatic rings. The second kappa shape index (κ2) is 7.49. The summed E-state index contributed by atoms with van der Waals surface area (Å²) in [6.07, 6.45) is -0.794. The van der Waals surface area contributed by atoms with Crippen LogP contribution in [0.25, 0.3) is 0 Å². The first-order valence-corrected chi connectivity index (χ1v) is 6.55. The summed E-state index contributed by atoms with van der Waals surface area (Å²) in [4.78, 5) is 23.1. The molecule has 1 aromatic carbocycles. The molecule has 0 bridgehead atoms. The smallest absolute Gasteiger partial charge is 0.321 e. The fourth-order valence-electron chi connectivity index (χ4n) is 1.63. The topological polar surface area (TPSA) is 93.5 Å². The van der Waals surface area contributed by atoms with Gasteiger partial charge in [0.25, 0.3) is 5.91 Å². The molecule has 0 aliphatic heterocycles. The highest BCUT2D eigenvalue weighted by molar-refractivity contribution is 5.96. The highest BCUT2D eigenvalue weighted by Gasteiger charge is 2.19. The molecule has 2 atom stereocenters. The molecule has 0 radical (unpaired) electrons. The molecule has 110 valence electrons. The van der Waals surface area contributed by atoms with Gasteiger partial charge in [-0.3, -0.25) is 10.1 Å². The third-order valence-corrected chi connectivity index (χ3v) is 2.66. The van der Waals surface area contributed by atoms with E-state index in [0.29, 0.717) is 12.3 Å². The van der Waals surface area contributed by atoms with Crippen molar-refractivity contribution in [1.82, 2.24) is 10.6 Å². The molecular formula is C14H21N3O3. The Kier molecular flexibility index (Phi) is 5.99. The Balaban J connectivity index is 2.68. The van der Waals surface area contributed by atoms with Crippen molar-refractivity contribution in [3.05, 3.63) is 29.8 Å². The molecule has 6 nitrogen and oxygen atoms in total. The summed E-state index contributed by atoms with van der Waals surface area (Å²) in [5.74, 6) is 0.0384. The molecule has 0 aliphatic carbocycles. The summed E-state index contributed by atoms with van der Waals surface area (Å²) in [5, 5.41) is 4.68. The molecule has 0 saturated carbocycles. The number of amides is 3. The predicted octanol–water partition coefficient (Wildman–Crippen LogP) is 1.32. The predicted molar refractivity (Wildman–Crippen MR) is 76.3 cm³/mol. The molecule has 0 saturated heterocycles. The molecule has 6 heteroatoms. The summed E-state index contributed by atoms with van der Waals surface area (Å²) in [7, 11) is 0. The fourth-order valence-corrected chi connectivity index (χ4v) is 1.63. The number of rotatable bonds is 5. The van der Waals surface area contributed by atoms with Crippen LogP contribution in [-0.4, -0.2) is 24.6 Å². The number of urea groups is 1. The van der Waals surface area contributed by atoms with Crippen LogP contribution in [0.3, 0.4) is 0 Å². The van der Waals surface area contributed by atoms with E-state index in [2.05, 4.69) is 10.6 Å². The Hall–Kier alpha value is -2.08. The van der Waals surface area contributed by atoms with Crippen molar-refractivity contribution in [2.24, 2.45) is 5.73 Å². The van der Waals surface area contributed by atoms with Gasteiger partial charge in [-0.2, -0.15) is 0 Å². The molecule has 0 fully saturated rings. The van der Waals surface area contributed by atoms with E-state index >= 15 is 0 Å². The molecule has 1 unspecified atom stereocenters. The monoisotopic (exact) mass is 279 g/mol. The van der Waals surface area contributed by atoms with Crippen LogP contribution in [0.1, 0.15) is 32.4 Å². The van der Waals surface area contributed by atoms with E-state index in [1.165, 1.54) is 0 Å². The van der Waals surface area contributed by atoms with Crippen LogP contribution in [0.5, 0.6) is 5.75 Å². The van der Waals surface area contributed by atoms with Crippen molar-refractivity contribution in [2.75, 3.05) is 6.54 Å². The summed E-state index contributed by atoms with van der Waals surface area (Å²) in [6.45, 7) is 5.62. The Labute approximate surface area is 118 Å². The molecule has 1 rings (SSSR count). The third kappa shape index (κ3) is 4.55. The zero-order valence-electron chi connectivity index (χ0n) is 12.0. The maximum absolute atomic E-state index is 11.8. The number of benzene rings is 1. The number of nitrogens with one attached hydrogen (secondary N) is 2. The zero-order valence-corrected chi connectivity index (χ0v) is 12.0. The maximum Gasteiger partial charge on any atom is 0.321 e. The first-order valence-electron chi connectivity index (χ1n) is 6.55. The zero-order chi connectivity index (χ0) is 15.1. The van der Waals surface area contributed by atoms with E-state index in [-0.39, 0.29) is 6.04 Å². The maximum atomic E-state index is 11.8. The number of carbonyl (C=O) groups excluding carboxylic acids is 2. The minimum Gasteiger partial charge on any atom is -0.481 e. The minimum atomic E-state index is -0.794. The van der Waals surface area contributed by atoms with Crippen molar-refractivity contribution in [1.29, 1.82) is 0 Å². The molecule has 0 heterocycles. The van der Waals surface area contributed by atoms with Gasteiger partial charge in [0.2, 0.25) is 0 Å². The van der Waals surface area contributed by atoms with E-state index in [1.54, 1.807) is 26.0 Å². The summed E-state index contributed by atoms with van der Waals surface area (Å²) >= 11 is 0. The van der Waals surface area contributed by atoms with Crippen LogP contribution in [0, 0.1) is 0 Å². The lowest BCUT2D eigenvalue weighted by molar-refractivity contribution is -0.126. The number of ether oxygens (including phenoxy) is 1. The summed E-state index contributed by atoms with van der Waals surface area (Å²) in [5.41, 5.74) is 6.65. The van der Waals surface area contributed by atoms with Crippen molar-refractivity contribution in [3.63, 3.8) is 0 Å². The Morgan fingerprint density at radius 1 is 1.30 bits per heavy atom. The van der Waals surface area contributed by atoms with E-state index in [4.69, 9.17) is 10.5 Å². The highest BCUT2D eigenvalue weighted by Crippen LogP contribution is 2.24. The minimum absolute atomic E-state index is 0.204. The highest BCUT2D eigenvalue weighted by atomic mass is 16.5. The average Bonchev–Trinajstić information content (AvgIpc) is 2.39. The summed E-state index contributed by atoms with van der Waals surface area (Å²) in [6, 6.07) is 6.50. The van der Waals surface area contributed by atoms with Crippen LogP contribution >= 0.6 is 0 Å². The molecule has 0 aromatic heterocycles. The van der Waals surface area contributed by atoms with Gasteiger partial charge in [-0.25, -0.2) is 4.79 Å². The second-order valence-corrected chi connectivity index (χ2v) is 4.44. The van der Waals surface area contributed by atoms with Crippen molar-refractivity contribution in [2.45, 2.75) is 32.9 Å². The molecule has 20 heavy (non-hydrogen) atoms. The number of hydrogen-bond donors (Lipinski definition) is 3.